The van der Waals surface area contributed by atoms with Crippen molar-refractivity contribution in [2.75, 3.05) is 20.6 Å². The molecule has 0 radical (unpaired) electrons. The standard InChI is InChI=1S/C21H24F3N5O4S/c1-12-7-8-14-10-25-20(30)29-11-21(23,24)18(27-34(31,32)28(2)3)15(29)9-13-5-4-6-16(17(13)22)33-19(12)26-14/h4-8,15,18,27H,9-11H2,1-3H3,(H,25,30)/t15-,18+/m0/s1. The van der Waals surface area contributed by atoms with Crippen LogP contribution in [0.4, 0.5) is 18.0 Å². The van der Waals surface area contributed by atoms with Gasteiger partial charge in [0.2, 0.25) is 5.88 Å². The smallest absolute Gasteiger partial charge is 0.318 e. The highest BCUT2D eigenvalue weighted by molar-refractivity contribution is 7.87. The fraction of sp³-hybridized carbons (Fsp3) is 0.429. The lowest BCUT2D eigenvalue weighted by molar-refractivity contribution is -0.00489. The van der Waals surface area contributed by atoms with E-state index in [-0.39, 0.29) is 30.2 Å². The SMILES string of the molecule is Cc1ccc2nc1Oc1cccc(c1F)C[C@H]1[C@@H](NS(=O)(=O)N(C)C)C(F)(F)CN1C(=O)NC2. The van der Waals surface area contributed by atoms with Crippen LogP contribution in [0.25, 0.3) is 0 Å². The summed E-state index contributed by atoms with van der Waals surface area (Å²) in [7, 11) is -1.91. The molecule has 4 bridgehead atoms. The Morgan fingerprint density at radius 2 is 2.00 bits per heavy atom. The number of ether oxygens (including phenoxy) is 1. The van der Waals surface area contributed by atoms with Gasteiger partial charge in [-0.3, -0.25) is 0 Å². The number of nitrogens with zero attached hydrogens (tertiary/aromatic N) is 3. The van der Waals surface area contributed by atoms with Crippen molar-refractivity contribution in [1.29, 1.82) is 0 Å². The first kappa shape index (κ1) is 24.2. The van der Waals surface area contributed by atoms with Gasteiger partial charge in [-0.2, -0.15) is 17.4 Å². The summed E-state index contributed by atoms with van der Waals surface area (Å²) in [6, 6.07) is 3.34. The van der Waals surface area contributed by atoms with Gasteiger partial charge in [0.25, 0.3) is 16.1 Å². The summed E-state index contributed by atoms with van der Waals surface area (Å²) in [5.74, 6) is -4.43. The van der Waals surface area contributed by atoms with Crippen LogP contribution in [0, 0.1) is 12.7 Å². The van der Waals surface area contributed by atoms with Crippen LogP contribution in [0.3, 0.4) is 0 Å². The maximum atomic E-state index is 15.4. The number of hydrogen-bond donors (Lipinski definition) is 2. The number of fused-ring (bicyclic) bond motifs is 5. The lowest BCUT2D eigenvalue weighted by Gasteiger charge is -2.29. The van der Waals surface area contributed by atoms with Crippen molar-refractivity contribution in [2.45, 2.75) is 37.9 Å². The number of benzene rings is 1. The van der Waals surface area contributed by atoms with E-state index in [1.807, 2.05) is 4.72 Å². The molecule has 2 aliphatic heterocycles. The Morgan fingerprint density at radius 1 is 1.26 bits per heavy atom. The van der Waals surface area contributed by atoms with Crippen molar-refractivity contribution in [3.05, 3.63) is 53.0 Å². The molecule has 0 saturated carbocycles. The number of rotatable bonds is 3. The van der Waals surface area contributed by atoms with Crippen molar-refractivity contribution >= 4 is 16.2 Å². The van der Waals surface area contributed by atoms with Gasteiger partial charge in [0.1, 0.15) is 6.04 Å². The van der Waals surface area contributed by atoms with E-state index in [9.17, 15) is 13.2 Å². The molecule has 1 aromatic heterocycles. The van der Waals surface area contributed by atoms with Crippen molar-refractivity contribution in [1.82, 2.24) is 24.2 Å². The van der Waals surface area contributed by atoms with E-state index in [2.05, 4.69) is 10.3 Å². The van der Waals surface area contributed by atoms with E-state index < -0.39 is 46.6 Å². The second kappa shape index (κ2) is 8.71. The van der Waals surface area contributed by atoms with Gasteiger partial charge in [0, 0.05) is 19.7 Å². The number of hydrogen-bond acceptors (Lipinski definition) is 5. The zero-order valence-corrected chi connectivity index (χ0v) is 19.5. The van der Waals surface area contributed by atoms with Crippen LogP contribution in [0.5, 0.6) is 11.6 Å². The quantitative estimate of drug-likeness (QED) is 0.674. The van der Waals surface area contributed by atoms with Gasteiger partial charge in [-0.15, -0.1) is 0 Å². The van der Waals surface area contributed by atoms with Gasteiger partial charge in [-0.25, -0.2) is 22.9 Å². The lowest BCUT2D eigenvalue weighted by atomic mass is 9.98. The minimum absolute atomic E-state index is 0.0138. The van der Waals surface area contributed by atoms with Crippen LogP contribution in [0.15, 0.2) is 30.3 Å². The molecule has 9 nitrogen and oxygen atoms in total. The number of pyridine rings is 1. The number of carbonyl (C=O) groups is 1. The predicted molar refractivity (Wildman–Crippen MR) is 116 cm³/mol. The van der Waals surface area contributed by atoms with E-state index in [1.54, 1.807) is 19.1 Å². The Morgan fingerprint density at radius 3 is 2.71 bits per heavy atom. The lowest BCUT2D eigenvalue weighted by Crippen LogP contribution is -2.55. The van der Waals surface area contributed by atoms with E-state index >= 15 is 13.2 Å². The van der Waals surface area contributed by atoms with Crippen LogP contribution < -0.4 is 14.8 Å². The molecule has 0 spiro atoms. The molecule has 2 aromatic rings. The Labute approximate surface area is 195 Å². The monoisotopic (exact) mass is 499 g/mol. The largest absolute Gasteiger partial charge is 0.436 e. The number of halogens is 3. The van der Waals surface area contributed by atoms with Crippen molar-refractivity contribution < 1.29 is 31.1 Å². The second-order valence-electron chi connectivity index (χ2n) is 8.46. The average molecular weight is 500 g/mol. The fourth-order valence-electron chi connectivity index (χ4n) is 3.93. The van der Waals surface area contributed by atoms with Crippen LogP contribution in [-0.4, -0.2) is 67.3 Å². The summed E-state index contributed by atoms with van der Waals surface area (Å²) < 4.78 is 78.7. The van der Waals surface area contributed by atoms with Gasteiger partial charge in [0.05, 0.1) is 24.8 Å². The molecule has 13 heteroatoms. The highest BCUT2D eigenvalue weighted by Crippen LogP contribution is 2.37. The first-order valence-electron chi connectivity index (χ1n) is 10.4. The Kier molecular flexibility index (Phi) is 6.21. The third kappa shape index (κ3) is 4.55. The Hall–Kier alpha value is -2.90. The third-order valence-corrected chi connectivity index (χ3v) is 7.36. The normalized spacial score (nSPS) is 22.2. The summed E-state index contributed by atoms with van der Waals surface area (Å²) in [6.07, 6.45) is -0.378. The zero-order chi connectivity index (χ0) is 24.8. The van der Waals surface area contributed by atoms with E-state index in [0.717, 1.165) is 9.21 Å². The number of urea groups is 1. The molecular weight excluding hydrogens is 475 g/mol. The average Bonchev–Trinajstić information content (AvgIpc) is 3.00. The molecule has 1 saturated heterocycles. The summed E-state index contributed by atoms with van der Waals surface area (Å²) in [4.78, 5) is 18.1. The molecule has 1 fully saturated rings. The summed E-state index contributed by atoms with van der Waals surface area (Å²) >= 11 is 0. The second-order valence-corrected chi connectivity index (χ2v) is 10.4. The number of carbonyl (C=O) groups excluding carboxylic acids is 1. The number of aromatic nitrogens is 1. The van der Waals surface area contributed by atoms with E-state index in [1.165, 1.54) is 32.3 Å². The minimum Gasteiger partial charge on any atom is -0.436 e. The number of alkyl halides is 2. The van der Waals surface area contributed by atoms with Crippen LogP contribution in [-0.2, 0) is 23.2 Å². The minimum atomic E-state index is -4.28. The van der Waals surface area contributed by atoms with Gasteiger partial charge in [-0.1, -0.05) is 18.2 Å². The summed E-state index contributed by atoms with van der Waals surface area (Å²) in [5, 5.41) is 2.54. The first-order valence-corrected chi connectivity index (χ1v) is 11.9. The topological polar surface area (TPSA) is 104 Å². The molecule has 0 aliphatic carbocycles. The highest BCUT2D eigenvalue weighted by atomic mass is 32.2. The van der Waals surface area contributed by atoms with Crippen LogP contribution in [0.1, 0.15) is 16.8 Å². The molecule has 2 amide bonds. The molecule has 34 heavy (non-hydrogen) atoms. The molecule has 2 atom stereocenters. The number of aryl methyl sites for hydroxylation is 1. The molecule has 2 N–H and O–H groups in total. The molecule has 184 valence electrons. The maximum absolute atomic E-state index is 15.4. The van der Waals surface area contributed by atoms with Crippen LogP contribution in [0.2, 0.25) is 0 Å². The molecule has 3 heterocycles. The fourth-order valence-corrected chi connectivity index (χ4v) is 4.79. The molecule has 4 rings (SSSR count). The summed E-state index contributed by atoms with van der Waals surface area (Å²) in [5.41, 5.74) is 0.991. The maximum Gasteiger partial charge on any atom is 0.318 e. The van der Waals surface area contributed by atoms with Crippen molar-refractivity contribution in [2.24, 2.45) is 0 Å². The molecule has 0 unspecified atom stereocenters. The van der Waals surface area contributed by atoms with Crippen molar-refractivity contribution in [3.63, 3.8) is 0 Å². The Balaban J connectivity index is 1.81. The number of nitrogens with one attached hydrogen (secondary N) is 2. The molecular formula is C21H24F3N5O4S. The Bertz CT molecular complexity index is 1220. The van der Waals surface area contributed by atoms with Crippen LogP contribution >= 0.6 is 0 Å². The van der Waals surface area contributed by atoms with Gasteiger partial charge >= 0.3 is 6.03 Å². The summed E-state index contributed by atoms with van der Waals surface area (Å²) in [6.45, 7) is 0.580. The highest BCUT2D eigenvalue weighted by Gasteiger charge is 2.57. The van der Waals surface area contributed by atoms with Gasteiger partial charge < -0.3 is 15.0 Å². The van der Waals surface area contributed by atoms with Crippen molar-refractivity contribution in [3.8, 4) is 11.6 Å². The zero-order valence-electron chi connectivity index (χ0n) is 18.7. The molecule has 1 aromatic carbocycles. The third-order valence-electron chi connectivity index (χ3n) is 5.85. The van der Waals surface area contributed by atoms with Gasteiger partial charge in [0.15, 0.2) is 11.6 Å². The molecule has 2 aliphatic rings. The number of amides is 2. The van der Waals surface area contributed by atoms with E-state index in [0.29, 0.717) is 11.3 Å². The van der Waals surface area contributed by atoms with E-state index in [4.69, 9.17) is 4.74 Å². The predicted octanol–water partition coefficient (Wildman–Crippen LogP) is 2.17. The first-order chi connectivity index (χ1) is 15.9. The van der Waals surface area contributed by atoms with Gasteiger partial charge in [-0.05, 0) is 31.0 Å².